The lowest BCUT2D eigenvalue weighted by molar-refractivity contribution is -0.109. The van der Waals surface area contributed by atoms with Gasteiger partial charge in [-0.25, -0.2) is 0 Å². The normalized spacial score (nSPS) is 13.4. The first-order chi connectivity index (χ1) is 3.66. The first kappa shape index (κ1) is 7.94. The maximum atomic E-state index is 10.1. The van der Waals surface area contributed by atoms with Crippen LogP contribution >= 0.6 is 11.8 Å². The molecule has 48 valence electrons. The number of aliphatic hydroxyl groups is 2. The molecular formula is C4H8O3S. The van der Waals surface area contributed by atoms with Crippen LogP contribution in [0, 0.1) is 0 Å². The highest BCUT2D eigenvalue weighted by molar-refractivity contribution is 8.13. The number of hydrogen-bond donors (Lipinski definition) is 2. The van der Waals surface area contributed by atoms with Crippen molar-refractivity contribution in [2.45, 2.75) is 12.4 Å². The average Bonchev–Trinajstić information content (AvgIpc) is 1.65. The minimum Gasteiger partial charge on any atom is -0.393 e. The van der Waals surface area contributed by atoms with Crippen molar-refractivity contribution in [2.75, 3.05) is 6.61 Å². The lowest BCUT2D eigenvalue weighted by Gasteiger charge is -1.99. The molecule has 0 rings (SSSR count). The zero-order valence-corrected chi connectivity index (χ0v) is 5.31. The molecule has 0 radical (unpaired) electrons. The van der Waals surface area contributed by atoms with Crippen LogP contribution < -0.4 is 0 Å². The van der Waals surface area contributed by atoms with Crippen molar-refractivity contribution >= 4 is 16.9 Å². The van der Waals surface area contributed by atoms with E-state index >= 15 is 0 Å². The van der Waals surface area contributed by atoms with E-state index in [1.807, 2.05) is 0 Å². The van der Waals surface area contributed by atoms with Crippen LogP contribution in [0.15, 0.2) is 0 Å². The standard InChI is InChI=1S/C4H8O3S/c1-3(6)8-4(7)2-5/h4-5,7H,2H2,1H3. The Morgan fingerprint density at radius 1 is 1.88 bits per heavy atom. The predicted molar refractivity (Wildman–Crippen MR) is 31.4 cm³/mol. The molecule has 0 aromatic carbocycles. The third-order valence-corrected chi connectivity index (χ3v) is 1.21. The van der Waals surface area contributed by atoms with Gasteiger partial charge in [0.05, 0.1) is 6.61 Å². The van der Waals surface area contributed by atoms with Gasteiger partial charge in [-0.05, 0) is 0 Å². The van der Waals surface area contributed by atoms with Gasteiger partial charge < -0.3 is 10.2 Å². The molecule has 4 heteroatoms. The summed E-state index contributed by atoms with van der Waals surface area (Å²) in [5, 5.41) is 16.5. The van der Waals surface area contributed by atoms with Crippen LogP contribution in [0.25, 0.3) is 0 Å². The van der Waals surface area contributed by atoms with Crippen molar-refractivity contribution in [1.82, 2.24) is 0 Å². The molecule has 0 bridgehead atoms. The molecule has 8 heavy (non-hydrogen) atoms. The number of thioether (sulfide) groups is 1. The first-order valence-corrected chi connectivity index (χ1v) is 3.01. The van der Waals surface area contributed by atoms with E-state index in [0.717, 1.165) is 11.8 Å². The van der Waals surface area contributed by atoms with E-state index in [-0.39, 0.29) is 11.7 Å². The van der Waals surface area contributed by atoms with Crippen molar-refractivity contribution in [3.8, 4) is 0 Å². The SMILES string of the molecule is CC(=O)SC(O)CO. The minimum absolute atomic E-state index is 0.188. The van der Waals surface area contributed by atoms with E-state index in [4.69, 9.17) is 10.2 Å². The third-order valence-electron chi connectivity index (χ3n) is 0.458. The molecule has 0 amide bonds. The van der Waals surface area contributed by atoms with Gasteiger partial charge in [0.1, 0.15) is 5.44 Å². The predicted octanol–water partition coefficient (Wildman–Crippen LogP) is -0.423. The number of rotatable bonds is 2. The quantitative estimate of drug-likeness (QED) is 0.506. The van der Waals surface area contributed by atoms with Crippen LogP contribution in [-0.4, -0.2) is 27.4 Å². The Kier molecular flexibility index (Phi) is 3.85. The maximum absolute atomic E-state index is 10.1. The Morgan fingerprint density at radius 2 is 2.38 bits per heavy atom. The summed E-state index contributed by atoms with van der Waals surface area (Å²) in [4.78, 5) is 10.1. The van der Waals surface area contributed by atoms with Gasteiger partial charge in [0.15, 0.2) is 5.12 Å². The summed E-state index contributed by atoms with van der Waals surface area (Å²) in [6, 6.07) is 0. The molecule has 0 aromatic heterocycles. The summed E-state index contributed by atoms with van der Waals surface area (Å²) >= 11 is 0.721. The topological polar surface area (TPSA) is 57.5 Å². The maximum Gasteiger partial charge on any atom is 0.188 e. The summed E-state index contributed by atoms with van der Waals surface area (Å²) in [6.45, 7) is 0.966. The minimum atomic E-state index is -0.951. The lowest BCUT2D eigenvalue weighted by Crippen LogP contribution is -2.08. The Hall–Kier alpha value is -0.0600. The Morgan fingerprint density at radius 3 is 2.50 bits per heavy atom. The molecule has 1 unspecified atom stereocenters. The van der Waals surface area contributed by atoms with Gasteiger partial charge >= 0.3 is 0 Å². The summed E-state index contributed by atoms with van der Waals surface area (Å²) in [5.41, 5.74) is -0.951. The van der Waals surface area contributed by atoms with E-state index in [1.165, 1.54) is 6.92 Å². The molecule has 0 aliphatic carbocycles. The molecule has 0 saturated carbocycles. The molecule has 0 heterocycles. The van der Waals surface area contributed by atoms with Crippen molar-refractivity contribution in [3.63, 3.8) is 0 Å². The number of aliphatic hydroxyl groups excluding tert-OH is 2. The van der Waals surface area contributed by atoms with E-state index in [0.29, 0.717) is 0 Å². The van der Waals surface area contributed by atoms with Gasteiger partial charge in [-0.3, -0.25) is 4.79 Å². The molecule has 0 saturated heterocycles. The molecule has 3 nitrogen and oxygen atoms in total. The molecular weight excluding hydrogens is 128 g/mol. The Labute approximate surface area is 51.7 Å². The molecule has 1 atom stereocenters. The van der Waals surface area contributed by atoms with Crippen LogP contribution in [0.4, 0.5) is 0 Å². The fourth-order valence-corrected chi connectivity index (χ4v) is 0.687. The van der Waals surface area contributed by atoms with Gasteiger partial charge in [-0.15, -0.1) is 0 Å². The van der Waals surface area contributed by atoms with Crippen LogP contribution in [0.3, 0.4) is 0 Å². The van der Waals surface area contributed by atoms with Crippen molar-refractivity contribution in [1.29, 1.82) is 0 Å². The molecule has 0 fully saturated rings. The highest BCUT2D eigenvalue weighted by atomic mass is 32.2. The fraction of sp³-hybridized carbons (Fsp3) is 0.750. The zero-order valence-electron chi connectivity index (χ0n) is 4.50. The Balaban J connectivity index is 3.24. The fourth-order valence-electron chi connectivity index (χ4n) is 0.229. The van der Waals surface area contributed by atoms with E-state index in [1.54, 1.807) is 0 Å². The highest BCUT2D eigenvalue weighted by Crippen LogP contribution is 2.06. The smallest absolute Gasteiger partial charge is 0.188 e. The number of hydrogen-bond acceptors (Lipinski definition) is 4. The van der Waals surface area contributed by atoms with Gasteiger partial charge in [0.25, 0.3) is 0 Å². The van der Waals surface area contributed by atoms with Gasteiger partial charge in [0.2, 0.25) is 0 Å². The van der Waals surface area contributed by atoms with Crippen molar-refractivity contribution < 1.29 is 15.0 Å². The van der Waals surface area contributed by atoms with Crippen LogP contribution in [-0.2, 0) is 4.79 Å². The van der Waals surface area contributed by atoms with Crippen LogP contribution in [0.5, 0.6) is 0 Å². The lowest BCUT2D eigenvalue weighted by atomic mass is 10.8. The second kappa shape index (κ2) is 3.88. The van der Waals surface area contributed by atoms with E-state index in [9.17, 15) is 4.79 Å². The largest absolute Gasteiger partial charge is 0.393 e. The van der Waals surface area contributed by atoms with E-state index < -0.39 is 5.44 Å². The molecule has 0 aliphatic rings. The summed E-state index contributed by atoms with van der Waals surface area (Å²) in [6.07, 6.45) is 0. The average molecular weight is 136 g/mol. The second-order valence-corrected chi connectivity index (χ2v) is 2.60. The molecule has 0 aromatic rings. The summed E-state index contributed by atoms with van der Waals surface area (Å²) in [7, 11) is 0. The monoisotopic (exact) mass is 136 g/mol. The third kappa shape index (κ3) is 4.11. The molecule has 0 spiro atoms. The van der Waals surface area contributed by atoms with E-state index in [2.05, 4.69) is 0 Å². The van der Waals surface area contributed by atoms with Crippen molar-refractivity contribution in [3.05, 3.63) is 0 Å². The summed E-state index contributed by atoms with van der Waals surface area (Å²) < 4.78 is 0. The van der Waals surface area contributed by atoms with Crippen LogP contribution in [0.2, 0.25) is 0 Å². The van der Waals surface area contributed by atoms with Gasteiger partial charge in [-0.2, -0.15) is 0 Å². The van der Waals surface area contributed by atoms with Gasteiger partial charge in [-0.1, -0.05) is 11.8 Å². The Bertz CT molecular complexity index is 83.4. The number of carbonyl (C=O) groups excluding carboxylic acids is 1. The molecule has 2 N–H and O–H groups in total. The zero-order chi connectivity index (χ0) is 6.57. The first-order valence-electron chi connectivity index (χ1n) is 2.13. The summed E-state index contributed by atoms with van der Waals surface area (Å²) in [5.74, 6) is 0. The molecule has 0 aliphatic heterocycles. The van der Waals surface area contributed by atoms with Crippen molar-refractivity contribution in [2.24, 2.45) is 0 Å². The highest BCUT2D eigenvalue weighted by Gasteiger charge is 2.03. The van der Waals surface area contributed by atoms with Gasteiger partial charge in [0, 0.05) is 6.92 Å². The number of carbonyl (C=O) groups is 1. The second-order valence-electron chi connectivity index (χ2n) is 1.25. The van der Waals surface area contributed by atoms with Crippen LogP contribution in [0.1, 0.15) is 6.92 Å².